The van der Waals surface area contributed by atoms with Crippen molar-refractivity contribution in [1.82, 2.24) is 25.1 Å². The molecule has 2 aliphatic heterocycles. The Morgan fingerprint density at radius 3 is 2.65 bits per heavy atom. The second-order valence-corrected chi connectivity index (χ2v) is 9.40. The number of alkyl halides is 1. The minimum absolute atomic E-state index is 0.131. The number of phenols is 1. The standard InChI is InChI=1S/C23H27FN6O/c1-22-11-16(12-23(2,28-22)20(24)13-22)29(3)21-7-6-18(26-27-21)17-5-4-15(10-19(17)31)30-9-8-25-14-30/h4-10,14,16,20,28,31H,11-13H2,1-3H3/t16-,20+,22+,23-/m0/s1. The van der Waals surface area contributed by atoms with Gasteiger partial charge in [0.15, 0.2) is 5.82 Å². The maximum atomic E-state index is 14.6. The Hall–Kier alpha value is -3.00. The SMILES string of the molecule is CN(c1ccc(-c2ccc(-n3ccnc3)cc2O)nn1)[C@H]1C[C@]2(C)C[C@@H](F)[C@](C)(C1)N2. The van der Waals surface area contributed by atoms with Gasteiger partial charge < -0.3 is 19.9 Å². The van der Waals surface area contributed by atoms with Gasteiger partial charge in [-0.2, -0.15) is 0 Å². The summed E-state index contributed by atoms with van der Waals surface area (Å²) < 4.78 is 16.4. The van der Waals surface area contributed by atoms with Crippen LogP contribution in [0.2, 0.25) is 0 Å². The van der Waals surface area contributed by atoms with Crippen LogP contribution in [-0.4, -0.2) is 55.2 Å². The van der Waals surface area contributed by atoms with Crippen LogP contribution in [0.1, 0.15) is 33.1 Å². The Labute approximate surface area is 180 Å². The molecule has 0 aliphatic carbocycles. The van der Waals surface area contributed by atoms with Crippen molar-refractivity contribution in [1.29, 1.82) is 0 Å². The van der Waals surface area contributed by atoms with Gasteiger partial charge in [-0.1, -0.05) is 0 Å². The van der Waals surface area contributed by atoms with Crippen LogP contribution < -0.4 is 10.2 Å². The third-order valence-electron chi connectivity index (χ3n) is 6.87. The van der Waals surface area contributed by atoms with E-state index in [1.54, 1.807) is 18.6 Å². The molecule has 4 heterocycles. The number of phenolic OH excluding ortho intramolecular Hbond substituents is 1. The number of hydrogen-bond donors (Lipinski definition) is 2. The number of aromatic hydroxyl groups is 1. The van der Waals surface area contributed by atoms with Crippen molar-refractivity contribution in [3.63, 3.8) is 0 Å². The number of hydrogen-bond acceptors (Lipinski definition) is 6. The Kier molecular flexibility index (Phi) is 4.51. The predicted molar refractivity (Wildman–Crippen MR) is 117 cm³/mol. The lowest BCUT2D eigenvalue weighted by molar-refractivity contribution is 0.165. The maximum absolute atomic E-state index is 14.6. The number of imidazole rings is 1. The highest BCUT2D eigenvalue weighted by molar-refractivity contribution is 5.69. The van der Waals surface area contributed by atoms with Crippen LogP contribution in [0.3, 0.4) is 0 Å². The molecule has 0 unspecified atom stereocenters. The average molecular weight is 423 g/mol. The van der Waals surface area contributed by atoms with Gasteiger partial charge in [0.05, 0.1) is 17.7 Å². The van der Waals surface area contributed by atoms with Crippen molar-refractivity contribution in [2.45, 2.75) is 56.4 Å². The van der Waals surface area contributed by atoms with Gasteiger partial charge in [0.1, 0.15) is 11.9 Å². The van der Waals surface area contributed by atoms with Crippen LogP contribution in [0.4, 0.5) is 10.2 Å². The lowest BCUT2D eigenvalue weighted by Crippen LogP contribution is -2.59. The molecule has 3 aromatic rings. The number of anilines is 1. The van der Waals surface area contributed by atoms with Gasteiger partial charge in [0.25, 0.3) is 0 Å². The van der Waals surface area contributed by atoms with Crippen molar-refractivity contribution >= 4 is 5.82 Å². The van der Waals surface area contributed by atoms with E-state index in [4.69, 9.17) is 0 Å². The molecule has 5 rings (SSSR count). The van der Waals surface area contributed by atoms with Gasteiger partial charge in [0, 0.05) is 48.2 Å². The molecule has 0 amide bonds. The molecule has 0 radical (unpaired) electrons. The van der Waals surface area contributed by atoms with E-state index in [9.17, 15) is 9.50 Å². The quantitative estimate of drug-likeness (QED) is 0.670. The highest BCUT2D eigenvalue weighted by Crippen LogP contribution is 2.45. The number of aromatic nitrogens is 4. The third kappa shape index (κ3) is 3.44. The molecule has 7 nitrogen and oxygen atoms in total. The highest BCUT2D eigenvalue weighted by Gasteiger charge is 2.55. The fourth-order valence-corrected chi connectivity index (χ4v) is 5.26. The first-order valence-electron chi connectivity index (χ1n) is 10.6. The van der Waals surface area contributed by atoms with Crippen LogP contribution in [0.15, 0.2) is 49.1 Å². The van der Waals surface area contributed by atoms with Gasteiger partial charge in [-0.25, -0.2) is 9.37 Å². The van der Waals surface area contributed by atoms with E-state index in [1.165, 1.54) is 0 Å². The van der Waals surface area contributed by atoms with Crippen molar-refractivity contribution in [3.8, 4) is 22.7 Å². The van der Waals surface area contributed by atoms with Crippen LogP contribution >= 0.6 is 0 Å². The Balaban J connectivity index is 1.36. The van der Waals surface area contributed by atoms with E-state index in [0.29, 0.717) is 17.7 Å². The first-order chi connectivity index (χ1) is 14.8. The minimum Gasteiger partial charge on any atom is -0.507 e. The largest absolute Gasteiger partial charge is 0.507 e. The molecule has 2 fully saturated rings. The molecule has 2 aromatic heterocycles. The molecule has 2 N–H and O–H groups in total. The second kappa shape index (κ2) is 7.02. The molecule has 2 bridgehead atoms. The van der Waals surface area contributed by atoms with Gasteiger partial charge in [-0.15, -0.1) is 10.2 Å². The molecule has 8 heteroatoms. The molecule has 4 atom stereocenters. The normalized spacial score (nSPS) is 29.8. The summed E-state index contributed by atoms with van der Waals surface area (Å²) in [5, 5.41) is 22.8. The summed E-state index contributed by atoms with van der Waals surface area (Å²) in [4.78, 5) is 6.13. The van der Waals surface area contributed by atoms with Crippen LogP contribution in [-0.2, 0) is 0 Å². The first kappa shape index (κ1) is 19.9. The summed E-state index contributed by atoms with van der Waals surface area (Å²) in [6.07, 6.45) is 6.48. The molecule has 0 saturated carbocycles. The minimum atomic E-state index is -0.836. The first-order valence-corrected chi connectivity index (χ1v) is 10.6. The van der Waals surface area contributed by atoms with Gasteiger partial charge >= 0.3 is 0 Å². The number of rotatable bonds is 4. The number of nitrogens with one attached hydrogen (secondary N) is 1. The van der Waals surface area contributed by atoms with Gasteiger partial charge in [-0.3, -0.25) is 0 Å². The van der Waals surface area contributed by atoms with Crippen molar-refractivity contribution in [3.05, 3.63) is 49.1 Å². The van der Waals surface area contributed by atoms with E-state index in [2.05, 4.69) is 32.3 Å². The zero-order valence-electron chi connectivity index (χ0n) is 18.0. The predicted octanol–water partition coefficient (Wildman–Crippen LogP) is 3.48. The summed E-state index contributed by atoms with van der Waals surface area (Å²) in [5.74, 6) is 0.874. The molecule has 0 spiro atoms. The molecule has 31 heavy (non-hydrogen) atoms. The molecule has 2 aliphatic rings. The number of halogens is 1. The van der Waals surface area contributed by atoms with E-state index in [-0.39, 0.29) is 17.3 Å². The van der Waals surface area contributed by atoms with E-state index in [0.717, 1.165) is 24.3 Å². The van der Waals surface area contributed by atoms with E-state index >= 15 is 0 Å². The third-order valence-corrected chi connectivity index (χ3v) is 6.87. The molecule has 2 saturated heterocycles. The van der Waals surface area contributed by atoms with Crippen LogP contribution in [0, 0.1) is 0 Å². The smallest absolute Gasteiger partial charge is 0.151 e. The van der Waals surface area contributed by atoms with Crippen LogP contribution in [0.5, 0.6) is 5.75 Å². The van der Waals surface area contributed by atoms with E-state index in [1.807, 2.05) is 49.0 Å². The molecule has 162 valence electrons. The Morgan fingerprint density at radius 2 is 2.00 bits per heavy atom. The molecular formula is C23H27FN6O. The summed E-state index contributed by atoms with van der Waals surface area (Å²) in [7, 11) is 2.00. The van der Waals surface area contributed by atoms with Crippen molar-refractivity contribution in [2.24, 2.45) is 0 Å². The Bertz CT molecular complexity index is 1090. The van der Waals surface area contributed by atoms with E-state index < -0.39 is 11.7 Å². The van der Waals surface area contributed by atoms with Crippen molar-refractivity contribution in [2.75, 3.05) is 11.9 Å². The van der Waals surface area contributed by atoms with Gasteiger partial charge in [0.2, 0.25) is 0 Å². The number of fused-ring (bicyclic) bond motifs is 2. The lowest BCUT2D eigenvalue weighted by atomic mass is 9.84. The number of piperidine rings is 1. The Morgan fingerprint density at radius 1 is 1.16 bits per heavy atom. The number of benzene rings is 1. The monoisotopic (exact) mass is 422 g/mol. The molecular weight excluding hydrogens is 395 g/mol. The summed E-state index contributed by atoms with van der Waals surface area (Å²) >= 11 is 0. The fourth-order valence-electron chi connectivity index (χ4n) is 5.26. The maximum Gasteiger partial charge on any atom is 0.151 e. The fraction of sp³-hybridized carbons (Fsp3) is 0.435. The van der Waals surface area contributed by atoms with Crippen LogP contribution in [0.25, 0.3) is 16.9 Å². The zero-order chi connectivity index (χ0) is 21.8. The zero-order valence-corrected chi connectivity index (χ0v) is 18.0. The number of nitrogens with zero attached hydrogens (tertiary/aromatic N) is 5. The summed E-state index contributed by atoms with van der Waals surface area (Å²) in [6.45, 7) is 4.09. The molecule has 1 aromatic carbocycles. The van der Waals surface area contributed by atoms with Gasteiger partial charge in [-0.05, 0) is 57.4 Å². The summed E-state index contributed by atoms with van der Waals surface area (Å²) in [5.41, 5.74) is 1.34. The topological polar surface area (TPSA) is 79.1 Å². The van der Waals surface area contributed by atoms with Crippen molar-refractivity contribution < 1.29 is 9.50 Å². The second-order valence-electron chi connectivity index (χ2n) is 9.40. The lowest BCUT2D eigenvalue weighted by Gasteiger charge is -2.45. The summed E-state index contributed by atoms with van der Waals surface area (Å²) in [6, 6.07) is 9.36. The highest BCUT2D eigenvalue weighted by atomic mass is 19.1. The average Bonchev–Trinajstić information content (AvgIpc) is 3.32.